The van der Waals surface area contributed by atoms with E-state index < -0.39 is 39.4 Å². The Bertz CT molecular complexity index is 1170. The molecule has 0 aromatic heterocycles. The molecule has 7 nitrogen and oxygen atoms in total. The van der Waals surface area contributed by atoms with Gasteiger partial charge in [-0.25, -0.2) is 0 Å². The number of hydrogen-bond donors (Lipinski definition) is 1. The molecule has 4 aliphatic rings. The van der Waals surface area contributed by atoms with Gasteiger partial charge < -0.3 is 19.6 Å². The lowest BCUT2D eigenvalue weighted by Gasteiger charge is -2.40. The second-order valence-corrected chi connectivity index (χ2v) is 13.1. The fraction of sp³-hybridized carbons (Fsp3) is 0.552. The lowest BCUT2D eigenvalue weighted by molar-refractivity contribution is -0.153. The maximum absolute atomic E-state index is 14.7. The van der Waals surface area contributed by atoms with Crippen molar-refractivity contribution in [3.63, 3.8) is 0 Å². The van der Waals surface area contributed by atoms with E-state index in [0.29, 0.717) is 13.0 Å². The van der Waals surface area contributed by atoms with Crippen LogP contribution in [-0.4, -0.2) is 69.1 Å². The minimum Gasteiger partial charge on any atom is -0.461 e. The van der Waals surface area contributed by atoms with Crippen molar-refractivity contribution in [3.8, 4) is 0 Å². The van der Waals surface area contributed by atoms with Crippen LogP contribution in [0.3, 0.4) is 0 Å². The number of anilines is 1. The number of fused-ring (bicyclic) bond motifs is 2. The van der Waals surface area contributed by atoms with E-state index >= 15 is 0 Å². The van der Waals surface area contributed by atoms with Crippen molar-refractivity contribution in [3.05, 3.63) is 53.6 Å². The number of benzene rings is 1. The van der Waals surface area contributed by atoms with Gasteiger partial charge in [0.25, 0.3) is 5.91 Å². The molecule has 2 fully saturated rings. The predicted octanol–water partition coefficient (Wildman–Crippen LogP) is 3.41. The first-order valence-electron chi connectivity index (χ1n) is 13.1. The summed E-state index contributed by atoms with van der Waals surface area (Å²) in [6.45, 7) is 10.3. The van der Waals surface area contributed by atoms with Gasteiger partial charge in [0.15, 0.2) is 0 Å². The Morgan fingerprint density at radius 1 is 1.08 bits per heavy atom. The fourth-order valence-corrected chi connectivity index (χ4v) is 9.08. The third-order valence-electron chi connectivity index (χ3n) is 8.31. The van der Waals surface area contributed by atoms with Crippen LogP contribution in [0.5, 0.6) is 0 Å². The Balaban J connectivity index is 1.70. The number of rotatable bonds is 5. The zero-order valence-corrected chi connectivity index (χ0v) is 23.0. The highest BCUT2D eigenvalue weighted by molar-refractivity contribution is 8.02. The number of aliphatic hydroxyl groups is 1. The van der Waals surface area contributed by atoms with Crippen molar-refractivity contribution in [2.75, 3.05) is 24.7 Å². The quantitative estimate of drug-likeness (QED) is 0.469. The average molecular weight is 525 g/mol. The van der Waals surface area contributed by atoms with E-state index in [0.717, 1.165) is 16.8 Å². The summed E-state index contributed by atoms with van der Waals surface area (Å²) < 4.78 is 3.86. The SMILES string of the molecule is Cc1cccc(C)c1N1CC=C[C@]23S[C@@]4(C)C=CCOC(=O)[C@H]4[C@H]2C(=O)N([C@@H](CO)CC(C)C)C3C1=O. The number of amides is 2. The van der Waals surface area contributed by atoms with Crippen LogP contribution >= 0.6 is 11.8 Å². The minimum absolute atomic E-state index is 0.175. The molecule has 1 N–H and O–H groups in total. The van der Waals surface area contributed by atoms with Crippen LogP contribution in [0.4, 0.5) is 5.69 Å². The van der Waals surface area contributed by atoms with Gasteiger partial charge in [-0.05, 0) is 50.3 Å². The number of esters is 1. The van der Waals surface area contributed by atoms with Gasteiger partial charge >= 0.3 is 5.97 Å². The van der Waals surface area contributed by atoms with E-state index in [9.17, 15) is 19.5 Å². The maximum atomic E-state index is 14.7. The van der Waals surface area contributed by atoms with E-state index in [1.54, 1.807) is 9.80 Å². The molecule has 1 aromatic carbocycles. The molecule has 198 valence electrons. The summed E-state index contributed by atoms with van der Waals surface area (Å²) in [5, 5.41) is 10.5. The molecule has 0 bridgehead atoms. The Kier molecular flexibility index (Phi) is 6.55. The number of carbonyl (C=O) groups excluding carboxylic acids is 3. The number of thioether (sulfide) groups is 1. The van der Waals surface area contributed by atoms with E-state index in [-0.39, 0.29) is 30.9 Å². The topological polar surface area (TPSA) is 87.2 Å². The molecule has 1 unspecified atom stereocenters. The summed E-state index contributed by atoms with van der Waals surface area (Å²) in [5.41, 5.74) is 2.81. The third kappa shape index (κ3) is 3.86. The average Bonchev–Trinajstić information content (AvgIpc) is 3.10. The van der Waals surface area contributed by atoms with Gasteiger partial charge in [0, 0.05) is 17.0 Å². The Labute approximate surface area is 222 Å². The molecular weight excluding hydrogens is 488 g/mol. The molecule has 2 amide bonds. The molecule has 0 aliphatic carbocycles. The second-order valence-electron chi connectivity index (χ2n) is 11.3. The van der Waals surface area contributed by atoms with Crippen LogP contribution in [0.2, 0.25) is 0 Å². The number of ether oxygens (including phenoxy) is 1. The monoisotopic (exact) mass is 524 g/mol. The van der Waals surface area contributed by atoms with Crippen LogP contribution < -0.4 is 4.90 Å². The molecule has 1 aromatic rings. The van der Waals surface area contributed by atoms with Crippen LogP contribution in [0.15, 0.2) is 42.5 Å². The Morgan fingerprint density at radius 2 is 1.78 bits per heavy atom. The number of likely N-dealkylation sites (tertiary alicyclic amines) is 1. The highest BCUT2D eigenvalue weighted by Gasteiger charge is 2.74. The minimum atomic E-state index is -0.954. The van der Waals surface area contributed by atoms with Gasteiger partial charge in [0.05, 0.1) is 29.2 Å². The van der Waals surface area contributed by atoms with Crippen molar-refractivity contribution in [2.45, 2.75) is 62.6 Å². The third-order valence-corrected chi connectivity index (χ3v) is 10.1. The van der Waals surface area contributed by atoms with Crippen molar-refractivity contribution in [1.82, 2.24) is 4.90 Å². The molecular formula is C29H36N2O5S. The first-order chi connectivity index (χ1) is 17.6. The predicted molar refractivity (Wildman–Crippen MR) is 144 cm³/mol. The van der Waals surface area contributed by atoms with Crippen molar-refractivity contribution in [2.24, 2.45) is 17.8 Å². The van der Waals surface area contributed by atoms with Gasteiger partial charge in [0.2, 0.25) is 5.91 Å². The number of aliphatic hydroxyl groups excluding tert-OH is 1. The molecule has 4 aliphatic heterocycles. The first kappa shape index (κ1) is 26.0. The van der Waals surface area contributed by atoms with Crippen LogP contribution in [-0.2, 0) is 19.1 Å². The summed E-state index contributed by atoms with van der Waals surface area (Å²) in [4.78, 5) is 45.7. The summed E-state index contributed by atoms with van der Waals surface area (Å²) in [6.07, 6.45) is 8.33. The lowest BCUT2D eigenvalue weighted by Crippen LogP contribution is -2.57. The molecule has 4 heterocycles. The highest BCUT2D eigenvalue weighted by Crippen LogP contribution is 2.65. The standard InChI is InChI=1S/C29H36N2O5S/c1-17(2)15-20(16-32)31-24-26(34)30(23-18(3)9-6-10-19(23)4)13-7-12-29(24)21(25(31)33)22-27(35)36-14-8-11-28(22,5)37-29/h6-12,17,20-22,24,32H,13-16H2,1-5H3/t20-,21+,22-,24?,28+,29+/m1/s1. The van der Waals surface area contributed by atoms with Gasteiger partial charge in [-0.15, -0.1) is 11.8 Å². The number of nitrogens with zero attached hydrogens (tertiary/aromatic N) is 2. The molecule has 0 radical (unpaired) electrons. The zero-order chi connectivity index (χ0) is 26.7. The lowest BCUT2D eigenvalue weighted by atomic mass is 9.75. The largest absolute Gasteiger partial charge is 0.461 e. The molecule has 1 spiro atoms. The smallest absolute Gasteiger partial charge is 0.311 e. The molecule has 6 atom stereocenters. The van der Waals surface area contributed by atoms with Gasteiger partial charge in [-0.3, -0.25) is 14.4 Å². The number of aryl methyl sites for hydroxylation is 2. The van der Waals surface area contributed by atoms with Crippen LogP contribution in [0.25, 0.3) is 0 Å². The van der Waals surface area contributed by atoms with E-state index in [4.69, 9.17) is 4.74 Å². The van der Waals surface area contributed by atoms with Crippen LogP contribution in [0.1, 0.15) is 38.3 Å². The van der Waals surface area contributed by atoms with Crippen molar-refractivity contribution >= 4 is 35.2 Å². The highest BCUT2D eigenvalue weighted by atomic mass is 32.2. The summed E-state index contributed by atoms with van der Waals surface area (Å²) in [5.74, 6) is -2.11. The van der Waals surface area contributed by atoms with E-state index in [2.05, 4.69) is 0 Å². The van der Waals surface area contributed by atoms with Gasteiger partial charge in [-0.2, -0.15) is 0 Å². The van der Waals surface area contributed by atoms with Gasteiger partial charge in [0.1, 0.15) is 12.6 Å². The molecule has 37 heavy (non-hydrogen) atoms. The second kappa shape index (κ2) is 9.31. The molecule has 5 rings (SSSR count). The summed E-state index contributed by atoms with van der Waals surface area (Å²) >= 11 is 1.53. The van der Waals surface area contributed by atoms with E-state index in [1.165, 1.54) is 11.8 Å². The van der Waals surface area contributed by atoms with E-state index in [1.807, 2.05) is 77.1 Å². The number of hydrogen-bond acceptors (Lipinski definition) is 6. The number of para-hydroxylation sites is 1. The fourth-order valence-electron chi connectivity index (χ4n) is 6.94. The maximum Gasteiger partial charge on any atom is 0.311 e. The molecule has 2 saturated heterocycles. The first-order valence-corrected chi connectivity index (χ1v) is 13.9. The summed E-state index contributed by atoms with van der Waals surface area (Å²) in [7, 11) is 0. The number of carbonyl (C=O) groups is 3. The Morgan fingerprint density at radius 3 is 2.43 bits per heavy atom. The number of cyclic esters (lactones) is 1. The van der Waals surface area contributed by atoms with Crippen molar-refractivity contribution in [1.29, 1.82) is 0 Å². The van der Waals surface area contributed by atoms with Gasteiger partial charge in [-0.1, -0.05) is 50.3 Å². The van der Waals surface area contributed by atoms with Crippen LogP contribution in [0, 0.1) is 31.6 Å². The molecule has 8 heteroatoms. The summed E-state index contributed by atoms with van der Waals surface area (Å²) in [6, 6.07) is 4.56. The normalized spacial score (nSPS) is 33.7. The molecule has 0 saturated carbocycles. The van der Waals surface area contributed by atoms with Crippen molar-refractivity contribution < 1.29 is 24.2 Å². The Hall–Kier alpha value is -2.58. The zero-order valence-electron chi connectivity index (χ0n) is 22.1.